The molecule has 0 fully saturated rings. The highest BCUT2D eigenvalue weighted by Gasteiger charge is 2.21. The van der Waals surface area contributed by atoms with E-state index in [2.05, 4.69) is 10.3 Å². The second-order valence-electron chi connectivity index (χ2n) is 6.00. The number of nitrogens with one attached hydrogen (secondary N) is 1. The maximum atomic E-state index is 12.1. The van der Waals surface area contributed by atoms with E-state index < -0.39 is 0 Å². The van der Waals surface area contributed by atoms with Gasteiger partial charge in [0.1, 0.15) is 17.4 Å². The number of benzene rings is 1. The van der Waals surface area contributed by atoms with Gasteiger partial charge in [-0.1, -0.05) is 25.4 Å². The molecular formula is C18H24ClN3O2S. The van der Waals surface area contributed by atoms with Crippen molar-refractivity contribution in [2.75, 3.05) is 6.54 Å². The molecule has 136 valence electrons. The standard InChI is InChI=1S/C18H24ClN3O2S/c1-3-18(20,4-2)12-21-16(23)9-14-11-25-17(22-14)10-24-15-7-5-13(19)6-8-15/h5-8,11H,3-4,9-10,12,20H2,1-2H3,(H,21,23). The van der Waals surface area contributed by atoms with Crippen LogP contribution in [0.4, 0.5) is 0 Å². The lowest BCUT2D eigenvalue weighted by molar-refractivity contribution is -0.120. The Balaban J connectivity index is 1.80. The zero-order valence-electron chi connectivity index (χ0n) is 14.5. The Morgan fingerprint density at radius 2 is 2.00 bits per heavy atom. The number of amides is 1. The van der Waals surface area contributed by atoms with Crippen molar-refractivity contribution in [3.63, 3.8) is 0 Å². The van der Waals surface area contributed by atoms with Gasteiger partial charge >= 0.3 is 0 Å². The zero-order valence-corrected chi connectivity index (χ0v) is 16.1. The lowest BCUT2D eigenvalue weighted by atomic mass is 9.94. The van der Waals surface area contributed by atoms with Crippen LogP contribution in [0, 0.1) is 0 Å². The van der Waals surface area contributed by atoms with Crippen molar-refractivity contribution in [3.05, 3.63) is 45.4 Å². The first-order chi connectivity index (χ1) is 11.9. The molecule has 0 saturated heterocycles. The summed E-state index contributed by atoms with van der Waals surface area (Å²) >= 11 is 7.32. The molecule has 0 aliphatic rings. The zero-order chi connectivity index (χ0) is 18.3. The van der Waals surface area contributed by atoms with Gasteiger partial charge in [-0.2, -0.15) is 0 Å². The van der Waals surface area contributed by atoms with E-state index >= 15 is 0 Å². The van der Waals surface area contributed by atoms with E-state index in [0.29, 0.717) is 18.2 Å². The Kier molecular flexibility index (Phi) is 7.23. The molecular weight excluding hydrogens is 358 g/mol. The van der Waals surface area contributed by atoms with Gasteiger partial charge in [-0.15, -0.1) is 11.3 Å². The topological polar surface area (TPSA) is 77.2 Å². The molecule has 0 aliphatic heterocycles. The Morgan fingerprint density at radius 1 is 1.32 bits per heavy atom. The third kappa shape index (κ3) is 6.30. The van der Waals surface area contributed by atoms with E-state index in [1.807, 2.05) is 31.4 Å². The predicted molar refractivity (Wildman–Crippen MR) is 102 cm³/mol. The summed E-state index contributed by atoms with van der Waals surface area (Å²) in [6.07, 6.45) is 1.90. The Hall–Kier alpha value is -1.63. The molecule has 0 radical (unpaired) electrons. The van der Waals surface area contributed by atoms with Crippen molar-refractivity contribution < 1.29 is 9.53 Å². The summed E-state index contributed by atoms with van der Waals surface area (Å²) in [5.41, 5.74) is 6.60. The fraction of sp³-hybridized carbons (Fsp3) is 0.444. The summed E-state index contributed by atoms with van der Waals surface area (Å²) in [4.78, 5) is 16.5. The Bertz CT molecular complexity index is 684. The summed E-state index contributed by atoms with van der Waals surface area (Å²) in [5, 5.41) is 6.28. The molecule has 0 unspecified atom stereocenters. The average Bonchev–Trinajstić information content (AvgIpc) is 3.06. The average molecular weight is 382 g/mol. The molecule has 2 aromatic rings. The largest absolute Gasteiger partial charge is 0.486 e. The minimum absolute atomic E-state index is 0.0628. The van der Waals surface area contributed by atoms with E-state index in [-0.39, 0.29) is 17.9 Å². The maximum absolute atomic E-state index is 12.1. The second-order valence-corrected chi connectivity index (χ2v) is 7.38. The fourth-order valence-corrected chi connectivity index (χ4v) is 3.00. The number of carbonyl (C=O) groups is 1. The van der Waals surface area contributed by atoms with Crippen LogP contribution < -0.4 is 15.8 Å². The molecule has 25 heavy (non-hydrogen) atoms. The van der Waals surface area contributed by atoms with Gasteiger partial charge in [0.25, 0.3) is 0 Å². The molecule has 0 bridgehead atoms. The fourth-order valence-electron chi connectivity index (χ4n) is 2.17. The summed E-state index contributed by atoms with van der Waals surface area (Å²) < 4.78 is 5.66. The number of ether oxygens (including phenoxy) is 1. The van der Waals surface area contributed by atoms with Crippen molar-refractivity contribution >= 4 is 28.8 Å². The monoisotopic (exact) mass is 381 g/mol. The van der Waals surface area contributed by atoms with Gasteiger partial charge in [0, 0.05) is 22.5 Å². The van der Waals surface area contributed by atoms with Gasteiger partial charge in [0.15, 0.2) is 0 Å². The first-order valence-corrected chi connectivity index (χ1v) is 9.57. The minimum Gasteiger partial charge on any atom is -0.486 e. The van der Waals surface area contributed by atoms with Crippen LogP contribution in [-0.4, -0.2) is 23.0 Å². The van der Waals surface area contributed by atoms with E-state index in [0.717, 1.165) is 29.3 Å². The quantitative estimate of drug-likeness (QED) is 0.696. The third-order valence-corrected chi connectivity index (χ3v) is 5.29. The lowest BCUT2D eigenvalue weighted by Gasteiger charge is -2.26. The first-order valence-electron chi connectivity index (χ1n) is 8.31. The molecule has 5 nitrogen and oxygen atoms in total. The minimum atomic E-state index is -0.338. The third-order valence-electron chi connectivity index (χ3n) is 4.16. The van der Waals surface area contributed by atoms with Crippen molar-refractivity contribution in [1.29, 1.82) is 0 Å². The lowest BCUT2D eigenvalue weighted by Crippen LogP contribution is -2.49. The van der Waals surface area contributed by atoms with Crippen LogP contribution in [0.5, 0.6) is 5.75 Å². The summed E-state index contributed by atoms with van der Waals surface area (Å²) in [6.45, 7) is 4.91. The number of hydrogen-bond acceptors (Lipinski definition) is 5. The number of rotatable bonds is 9. The Labute approximate surface area is 157 Å². The summed E-state index contributed by atoms with van der Waals surface area (Å²) in [6, 6.07) is 7.17. The smallest absolute Gasteiger partial charge is 0.226 e. The van der Waals surface area contributed by atoms with E-state index in [4.69, 9.17) is 22.1 Å². The number of carbonyl (C=O) groups excluding carboxylic acids is 1. The Morgan fingerprint density at radius 3 is 2.64 bits per heavy atom. The molecule has 0 aliphatic carbocycles. The van der Waals surface area contributed by atoms with Crippen LogP contribution >= 0.6 is 22.9 Å². The molecule has 1 aromatic heterocycles. The number of nitrogens with zero attached hydrogens (tertiary/aromatic N) is 1. The van der Waals surface area contributed by atoms with Crippen LogP contribution in [-0.2, 0) is 17.8 Å². The molecule has 0 atom stereocenters. The highest BCUT2D eigenvalue weighted by Crippen LogP contribution is 2.18. The van der Waals surface area contributed by atoms with Gasteiger partial charge in [-0.25, -0.2) is 4.98 Å². The highest BCUT2D eigenvalue weighted by molar-refractivity contribution is 7.09. The van der Waals surface area contributed by atoms with Crippen LogP contribution in [0.25, 0.3) is 0 Å². The van der Waals surface area contributed by atoms with Crippen molar-refractivity contribution in [2.24, 2.45) is 5.73 Å². The number of thiazole rings is 1. The van der Waals surface area contributed by atoms with Crippen LogP contribution in [0.3, 0.4) is 0 Å². The van der Waals surface area contributed by atoms with Gasteiger partial charge < -0.3 is 15.8 Å². The molecule has 1 amide bonds. The number of hydrogen-bond donors (Lipinski definition) is 2. The van der Waals surface area contributed by atoms with Gasteiger partial charge in [-0.05, 0) is 37.1 Å². The number of halogens is 1. The molecule has 2 rings (SSSR count). The molecule has 1 heterocycles. The number of aromatic nitrogens is 1. The normalized spacial score (nSPS) is 11.4. The van der Waals surface area contributed by atoms with E-state index in [1.54, 1.807) is 12.1 Å². The van der Waals surface area contributed by atoms with Crippen LogP contribution in [0.1, 0.15) is 37.4 Å². The van der Waals surface area contributed by atoms with Crippen LogP contribution in [0.15, 0.2) is 29.6 Å². The second kappa shape index (κ2) is 9.17. The molecule has 3 N–H and O–H groups in total. The molecule has 1 aromatic carbocycles. The van der Waals surface area contributed by atoms with Gasteiger partial charge in [0.05, 0.1) is 12.1 Å². The SMILES string of the molecule is CCC(N)(CC)CNC(=O)Cc1csc(COc2ccc(Cl)cc2)n1. The van der Waals surface area contributed by atoms with Gasteiger partial charge in [0.2, 0.25) is 5.91 Å². The van der Waals surface area contributed by atoms with Crippen molar-refractivity contribution in [3.8, 4) is 5.75 Å². The first kappa shape index (κ1) is 19.7. The van der Waals surface area contributed by atoms with E-state index in [1.165, 1.54) is 11.3 Å². The van der Waals surface area contributed by atoms with Gasteiger partial charge in [-0.3, -0.25) is 4.79 Å². The highest BCUT2D eigenvalue weighted by atomic mass is 35.5. The molecule has 7 heteroatoms. The van der Waals surface area contributed by atoms with Crippen molar-refractivity contribution in [2.45, 2.75) is 45.3 Å². The van der Waals surface area contributed by atoms with E-state index in [9.17, 15) is 4.79 Å². The van der Waals surface area contributed by atoms with Crippen LogP contribution in [0.2, 0.25) is 5.02 Å². The van der Waals surface area contributed by atoms with Crippen molar-refractivity contribution in [1.82, 2.24) is 10.3 Å². The summed E-state index contributed by atoms with van der Waals surface area (Å²) in [5.74, 6) is 0.671. The number of nitrogens with two attached hydrogens (primary N) is 1. The maximum Gasteiger partial charge on any atom is 0.226 e. The molecule has 0 spiro atoms. The molecule has 0 saturated carbocycles. The predicted octanol–water partition coefficient (Wildman–Crippen LogP) is 3.55. The summed E-state index contributed by atoms with van der Waals surface area (Å²) in [7, 11) is 0.